The van der Waals surface area contributed by atoms with Gasteiger partial charge < -0.3 is 10.2 Å². The average Bonchev–Trinajstić information content (AvgIpc) is 3.33. The van der Waals surface area contributed by atoms with E-state index in [1.165, 1.54) is 24.3 Å². The fourth-order valence-electron chi connectivity index (χ4n) is 6.74. The van der Waals surface area contributed by atoms with Gasteiger partial charge in [-0.25, -0.2) is 13.2 Å². The van der Waals surface area contributed by atoms with E-state index in [0.29, 0.717) is 31.7 Å². The van der Waals surface area contributed by atoms with E-state index >= 15 is 0 Å². The minimum Gasteiger partial charge on any atom is -0.349 e. The quantitative estimate of drug-likeness (QED) is 0.444. The molecule has 2 saturated heterocycles. The highest BCUT2D eigenvalue weighted by Gasteiger charge is 2.45. The van der Waals surface area contributed by atoms with Gasteiger partial charge in [0.05, 0.1) is 12.0 Å². The molecule has 41 heavy (non-hydrogen) atoms. The maximum Gasteiger partial charge on any atom is 0.227 e. The van der Waals surface area contributed by atoms with Crippen LogP contribution in [0.2, 0.25) is 0 Å². The summed E-state index contributed by atoms with van der Waals surface area (Å²) in [5, 5.41) is 3.08. The number of piperidine rings is 1. The van der Waals surface area contributed by atoms with E-state index in [2.05, 4.69) is 31.0 Å². The van der Waals surface area contributed by atoms with Gasteiger partial charge in [0.25, 0.3) is 0 Å². The molecule has 1 aliphatic carbocycles. The fraction of sp³-hybridized carbons (Fsp3) is 0.576. The fourth-order valence-corrected chi connectivity index (χ4v) is 6.74. The number of amides is 2. The van der Waals surface area contributed by atoms with Crippen molar-refractivity contribution in [2.24, 2.45) is 11.8 Å². The van der Waals surface area contributed by atoms with Gasteiger partial charge in [0.2, 0.25) is 11.8 Å². The number of benzene rings is 2. The summed E-state index contributed by atoms with van der Waals surface area (Å²) in [6.45, 7) is 10.3. The normalized spacial score (nSPS) is 23.3. The van der Waals surface area contributed by atoms with Crippen molar-refractivity contribution in [3.63, 3.8) is 0 Å². The number of halogens is 3. The molecular formula is C33H42F3N3O2. The lowest BCUT2D eigenvalue weighted by Gasteiger charge is -2.36. The maximum absolute atomic E-state index is 14.9. The molecule has 0 radical (unpaired) electrons. The largest absolute Gasteiger partial charge is 0.349 e. The van der Waals surface area contributed by atoms with Crippen LogP contribution in [0.5, 0.6) is 0 Å². The van der Waals surface area contributed by atoms with Gasteiger partial charge in [0.1, 0.15) is 17.5 Å². The van der Waals surface area contributed by atoms with Gasteiger partial charge in [-0.2, -0.15) is 0 Å². The lowest BCUT2D eigenvalue weighted by molar-refractivity contribution is -0.136. The van der Waals surface area contributed by atoms with Gasteiger partial charge in [-0.15, -0.1) is 0 Å². The first-order valence-corrected chi connectivity index (χ1v) is 15.0. The highest BCUT2D eigenvalue weighted by molar-refractivity contribution is 5.81. The van der Waals surface area contributed by atoms with Crippen molar-refractivity contribution in [1.82, 2.24) is 15.1 Å². The SMILES string of the molecule is CC(NC(=O)C1CCC1)c1cc(F)ccc1C1CCN(C(=O)C2CN(C(C)(C)C)C[C@H]2c2ccc(F)cc2F)CC1. The molecule has 0 bridgehead atoms. The molecule has 3 aliphatic rings. The topological polar surface area (TPSA) is 52.7 Å². The number of rotatable bonds is 6. The Bertz CT molecular complexity index is 1280. The maximum atomic E-state index is 14.9. The predicted molar refractivity (Wildman–Crippen MR) is 153 cm³/mol. The Balaban J connectivity index is 1.29. The molecule has 2 unspecified atom stereocenters. The molecule has 8 heteroatoms. The van der Waals surface area contributed by atoms with Crippen molar-refractivity contribution < 1.29 is 22.8 Å². The number of nitrogens with zero attached hydrogens (tertiary/aromatic N) is 2. The van der Waals surface area contributed by atoms with Crippen LogP contribution in [-0.2, 0) is 9.59 Å². The second-order valence-corrected chi connectivity index (χ2v) is 13.2. The molecular weight excluding hydrogens is 527 g/mol. The van der Waals surface area contributed by atoms with E-state index in [0.717, 1.165) is 49.3 Å². The Morgan fingerprint density at radius 1 is 0.902 bits per heavy atom. The summed E-state index contributed by atoms with van der Waals surface area (Å²) in [7, 11) is 0. The van der Waals surface area contributed by atoms with Crippen LogP contribution in [0, 0.1) is 29.3 Å². The molecule has 0 spiro atoms. The average molecular weight is 570 g/mol. The summed E-state index contributed by atoms with van der Waals surface area (Å²) in [5.74, 6) is -2.11. The van der Waals surface area contributed by atoms with Crippen LogP contribution < -0.4 is 5.32 Å². The zero-order valence-corrected chi connectivity index (χ0v) is 24.6. The molecule has 3 atom stereocenters. The first-order chi connectivity index (χ1) is 19.4. The number of carbonyl (C=O) groups excluding carboxylic acids is 2. The summed E-state index contributed by atoms with van der Waals surface area (Å²) >= 11 is 0. The molecule has 1 saturated carbocycles. The molecule has 2 amide bonds. The van der Waals surface area contributed by atoms with Crippen LogP contribution in [0.4, 0.5) is 13.2 Å². The predicted octanol–water partition coefficient (Wildman–Crippen LogP) is 6.30. The van der Waals surface area contributed by atoms with Crippen molar-refractivity contribution in [2.75, 3.05) is 26.2 Å². The molecule has 5 nitrogen and oxygen atoms in total. The van der Waals surface area contributed by atoms with Gasteiger partial charge in [-0.05, 0) is 94.2 Å². The molecule has 2 aromatic carbocycles. The monoisotopic (exact) mass is 569 g/mol. The lowest BCUT2D eigenvalue weighted by atomic mass is 9.82. The highest BCUT2D eigenvalue weighted by atomic mass is 19.1. The van der Waals surface area contributed by atoms with Gasteiger partial charge in [-0.1, -0.05) is 18.6 Å². The summed E-state index contributed by atoms with van der Waals surface area (Å²) in [6, 6.07) is 8.17. The first-order valence-electron chi connectivity index (χ1n) is 15.0. The van der Waals surface area contributed by atoms with E-state index in [9.17, 15) is 22.8 Å². The molecule has 1 N–H and O–H groups in total. The minimum absolute atomic E-state index is 0.00406. The van der Waals surface area contributed by atoms with E-state index < -0.39 is 17.6 Å². The van der Waals surface area contributed by atoms with Crippen molar-refractivity contribution in [3.8, 4) is 0 Å². The zero-order chi connectivity index (χ0) is 29.5. The second kappa shape index (κ2) is 11.8. The third-order valence-electron chi connectivity index (χ3n) is 9.54. The third kappa shape index (κ3) is 6.32. The smallest absolute Gasteiger partial charge is 0.227 e. The van der Waals surface area contributed by atoms with Crippen LogP contribution >= 0.6 is 0 Å². The molecule has 2 aromatic rings. The highest BCUT2D eigenvalue weighted by Crippen LogP contribution is 2.40. The van der Waals surface area contributed by atoms with E-state index in [-0.39, 0.29) is 47.0 Å². The number of carbonyl (C=O) groups is 2. The standard InChI is InChI=1S/C33H42F3N3O2/c1-20(37-31(40)22-6-5-7-22)27-16-23(34)8-10-25(27)21-12-14-38(15-13-21)32(41)29-19-39(33(2,3)4)18-28(29)26-11-9-24(35)17-30(26)36/h8-11,16-17,20-22,28-29H,5-7,12-15,18-19H2,1-4H3,(H,37,40)/t20?,28-,29?/m0/s1. The van der Waals surface area contributed by atoms with Crippen LogP contribution in [0.1, 0.15) is 94.4 Å². The van der Waals surface area contributed by atoms with Gasteiger partial charge in [-0.3, -0.25) is 14.5 Å². The van der Waals surface area contributed by atoms with Crippen molar-refractivity contribution in [3.05, 3.63) is 70.5 Å². The third-order valence-corrected chi connectivity index (χ3v) is 9.54. The number of hydrogen-bond donors (Lipinski definition) is 1. The Morgan fingerprint density at radius 2 is 1.54 bits per heavy atom. The summed E-state index contributed by atoms with van der Waals surface area (Å²) < 4.78 is 42.9. The molecule has 3 fully saturated rings. The number of nitrogens with one attached hydrogen (secondary N) is 1. The van der Waals surface area contributed by atoms with Crippen molar-refractivity contribution in [2.45, 2.75) is 83.2 Å². The Hall–Kier alpha value is -2.87. The lowest BCUT2D eigenvalue weighted by Crippen LogP contribution is -2.44. The van der Waals surface area contributed by atoms with Crippen LogP contribution in [-0.4, -0.2) is 53.3 Å². The summed E-state index contributed by atoms with van der Waals surface area (Å²) in [5.41, 5.74) is 2.01. The number of hydrogen-bond acceptors (Lipinski definition) is 3. The zero-order valence-electron chi connectivity index (χ0n) is 24.6. The van der Waals surface area contributed by atoms with Crippen molar-refractivity contribution in [1.29, 1.82) is 0 Å². The van der Waals surface area contributed by atoms with Crippen LogP contribution in [0.3, 0.4) is 0 Å². The van der Waals surface area contributed by atoms with Gasteiger partial charge >= 0.3 is 0 Å². The van der Waals surface area contributed by atoms with E-state index in [1.54, 1.807) is 0 Å². The van der Waals surface area contributed by atoms with E-state index in [1.807, 2.05) is 17.9 Å². The Labute approximate surface area is 241 Å². The Kier molecular flexibility index (Phi) is 8.51. The molecule has 2 aliphatic heterocycles. The first kappa shape index (κ1) is 29.6. The summed E-state index contributed by atoms with van der Waals surface area (Å²) in [4.78, 5) is 30.6. The molecule has 0 aromatic heterocycles. The van der Waals surface area contributed by atoms with E-state index in [4.69, 9.17) is 0 Å². The molecule has 2 heterocycles. The summed E-state index contributed by atoms with van der Waals surface area (Å²) in [6.07, 6.45) is 4.33. The second-order valence-electron chi connectivity index (χ2n) is 13.2. The van der Waals surface area contributed by atoms with Crippen molar-refractivity contribution >= 4 is 11.8 Å². The van der Waals surface area contributed by atoms with Crippen LogP contribution in [0.25, 0.3) is 0 Å². The van der Waals surface area contributed by atoms with Gasteiger partial charge in [0.15, 0.2) is 0 Å². The van der Waals surface area contributed by atoms with Crippen LogP contribution in [0.15, 0.2) is 36.4 Å². The molecule has 222 valence electrons. The van der Waals surface area contributed by atoms with Gasteiger partial charge in [0, 0.05) is 49.6 Å². The Morgan fingerprint density at radius 3 is 2.12 bits per heavy atom. The number of likely N-dealkylation sites (tertiary alicyclic amines) is 2. The molecule has 5 rings (SSSR count). The minimum atomic E-state index is -0.626.